The van der Waals surface area contributed by atoms with Gasteiger partial charge in [0.05, 0.1) is 0 Å². The summed E-state index contributed by atoms with van der Waals surface area (Å²) >= 11 is 6.65. The van der Waals surface area contributed by atoms with E-state index >= 15 is 0 Å². The molecule has 0 fully saturated rings. The van der Waals surface area contributed by atoms with Gasteiger partial charge in [-0.2, -0.15) is 22.7 Å². The minimum Gasteiger partial charge on any atom is -0.298 e. The van der Waals surface area contributed by atoms with Gasteiger partial charge in [0.1, 0.15) is 0 Å². The van der Waals surface area contributed by atoms with Gasteiger partial charge in [0, 0.05) is 20.8 Å². The van der Waals surface area contributed by atoms with Gasteiger partial charge in [-0.25, -0.2) is 0 Å². The predicted molar refractivity (Wildman–Crippen MR) is 71.2 cm³/mol. The summed E-state index contributed by atoms with van der Waals surface area (Å²) in [4.78, 5) is 10.1. The van der Waals surface area contributed by atoms with Crippen molar-refractivity contribution in [3.05, 3.63) is 42.7 Å². The summed E-state index contributed by atoms with van der Waals surface area (Å²) in [5, 5.41) is 8.01. The quantitative estimate of drug-likeness (QED) is 0.699. The molecule has 0 radical (unpaired) electrons. The highest BCUT2D eigenvalue weighted by atomic mass is 79.9. The molecule has 2 aromatic heterocycles. The van der Waals surface area contributed by atoms with Crippen molar-refractivity contribution >= 4 is 44.9 Å². The van der Waals surface area contributed by atoms with Crippen molar-refractivity contribution in [3.8, 4) is 0 Å². The van der Waals surface area contributed by atoms with E-state index in [4.69, 9.17) is 0 Å². The SMILES string of the molecule is Cc1cscc1Br.Cc1cscc1C=O. The van der Waals surface area contributed by atoms with Crippen molar-refractivity contribution in [2.75, 3.05) is 0 Å². The van der Waals surface area contributed by atoms with Crippen molar-refractivity contribution in [2.45, 2.75) is 13.8 Å². The fourth-order valence-corrected chi connectivity index (χ4v) is 2.93. The molecule has 2 rings (SSSR count). The highest BCUT2D eigenvalue weighted by Crippen LogP contribution is 2.19. The monoisotopic (exact) mass is 302 g/mol. The second-order valence-corrected chi connectivity index (χ2v) is 5.37. The molecule has 0 unspecified atom stereocenters. The van der Waals surface area contributed by atoms with Crippen molar-refractivity contribution in [1.29, 1.82) is 0 Å². The largest absolute Gasteiger partial charge is 0.298 e. The zero-order valence-electron chi connectivity index (χ0n) is 8.49. The number of carbonyl (C=O) groups is 1. The zero-order valence-corrected chi connectivity index (χ0v) is 11.7. The minimum absolute atomic E-state index is 0.815. The average molecular weight is 303 g/mol. The minimum atomic E-state index is 0.815. The van der Waals surface area contributed by atoms with Crippen LogP contribution in [0.5, 0.6) is 0 Å². The predicted octanol–water partition coefficient (Wildman–Crippen LogP) is 4.69. The molecule has 2 heterocycles. The molecule has 0 aliphatic heterocycles. The molecule has 1 nitrogen and oxygen atoms in total. The Labute approximate surface area is 106 Å². The van der Waals surface area contributed by atoms with Gasteiger partial charge in [0.2, 0.25) is 0 Å². The Balaban J connectivity index is 0.000000151. The van der Waals surface area contributed by atoms with Crippen LogP contribution >= 0.6 is 38.6 Å². The number of aryl methyl sites for hydroxylation is 2. The standard InChI is InChI=1S/C6H6OS.C5H5BrS/c1-5-3-8-4-6(5)2-7;1-4-2-7-3-5(4)6/h2-4H,1H3;2-3H,1H3. The Hall–Kier alpha value is -0.450. The van der Waals surface area contributed by atoms with Gasteiger partial charge in [-0.05, 0) is 51.7 Å². The molecule has 0 bridgehead atoms. The van der Waals surface area contributed by atoms with Crippen LogP contribution in [0.25, 0.3) is 0 Å². The first-order valence-corrected chi connectivity index (χ1v) is 6.99. The third-order valence-electron chi connectivity index (χ3n) is 1.82. The van der Waals surface area contributed by atoms with E-state index in [-0.39, 0.29) is 0 Å². The van der Waals surface area contributed by atoms with Gasteiger partial charge in [-0.15, -0.1) is 0 Å². The molecule has 0 aliphatic carbocycles. The second kappa shape index (κ2) is 6.20. The summed E-state index contributed by atoms with van der Waals surface area (Å²) in [7, 11) is 0. The molecular formula is C11H11BrOS2. The summed E-state index contributed by atoms with van der Waals surface area (Å²) in [6, 6.07) is 0. The first kappa shape index (κ1) is 12.6. The molecule has 0 spiro atoms. The molecule has 0 saturated heterocycles. The smallest absolute Gasteiger partial charge is 0.151 e. The highest BCUT2D eigenvalue weighted by molar-refractivity contribution is 9.10. The fourth-order valence-electron chi connectivity index (χ4n) is 0.836. The Morgan fingerprint density at radius 1 is 1.07 bits per heavy atom. The Kier molecular flexibility index (Phi) is 5.22. The van der Waals surface area contributed by atoms with Crippen LogP contribution < -0.4 is 0 Å². The third kappa shape index (κ3) is 3.89. The van der Waals surface area contributed by atoms with Crippen LogP contribution in [0.15, 0.2) is 26.0 Å². The lowest BCUT2D eigenvalue weighted by Crippen LogP contribution is -1.74. The molecule has 15 heavy (non-hydrogen) atoms. The van der Waals surface area contributed by atoms with Gasteiger partial charge in [-0.3, -0.25) is 4.79 Å². The molecule has 0 aromatic carbocycles. The molecular weight excluding hydrogens is 292 g/mol. The van der Waals surface area contributed by atoms with Crippen LogP contribution in [-0.2, 0) is 0 Å². The first-order valence-electron chi connectivity index (χ1n) is 4.31. The number of rotatable bonds is 1. The second-order valence-electron chi connectivity index (χ2n) is 3.03. The Morgan fingerprint density at radius 2 is 1.67 bits per heavy atom. The normalized spacial score (nSPS) is 9.27. The number of aldehydes is 1. The van der Waals surface area contributed by atoms with Crippen molar-refractivity contribution in [1.82, 2.24) is 0 Å². The van der Waals surface area contributed by atoms with Crippen LogP contribution in [0, 0.1) is 13.8 Å². The van der Waals surface area contributed by atoms with E-state index in [9.17, 15) is 4.79 Å². The van der Waals surface area contributed by atoms with Gasteiger partial charge in [0.15, 0.2) is 6.29 Å². The highest BCUT2D eigenvalue weighted by Gasteiger charge is 1.93. The molecule has 4 heteroatoms. The van der Waals surface area contributed by atoms with Crippen LogP contribution in [0.4, 0.5) is 0 Å². The molecule has 0 atom stereocenters. The van der Waals surface area contributed by atoms with Crippen molar-refractivity contribution in [2.24, 2.45) is 0 Å². The number of hydrogen-bond donors (Lipinski definition) is 0. The number of thiophene rings is 2. The summed E-state index contributed by atoms with van der Waals surface area (Å²) < 4.78 is 1.22. The van der Waals surface area contributed by atoms with Crippen LogP contribution in [0.2, 0.25) is 0 Å². The average Bonchev–Trinajstić information content (AvgIpc) is 2.78. The first-order chi connectivity index (χ1) is 7.15. The Bertz CT molecular complexity index is 415. The number of halogens is 1. The molecule has 2 aromatic rings. The van der Waals surface area contributed by atoms with Crippen molar-refractivity contribution in [3.63, 3.8) is 0 Å². The lowest BCUT2D eigenvalue weighted by Gasteiger charge is -1.79. The summed E-state index contributed by atoms with van der Waals surface area (Å²) in [6.07, 6.45) is 0.881. The maximum Gasteiger partial charge on any atom is 0.151 e. The lowest BCUT2D eigenvalue weighted by molar-refractivity contribution is 0.112. The fraction of sp³-hybridized carbons (Fsp3) is 0.182. The lowest BCUT2D eigenvalue weighted by atomic mass is 10.2. The van der Waals surface area contributed by atoms with E-state index in [1.165, 1.54) is 10.0 Å². The van der Waals surface area contributed by atoms with Crippen LogP contribution in [0.3, 0.4) is 0 Å². The molecule has 0 N–H and O–H groups in total. The number of carbonyl (C=O) groups excluding carboxylic acids is 1. The Morgan fingerprint density at radius 3 is 1.87 bits per heavy atom. The summed E-state index contributed by atoms with van der Waals surface area (Å²) in [5.74, 6) is 0. The molecule has 80 valence electrons. The molecule has 0 amide bonds. The maximum atomic E-state index is 10.1. The van der Waals surface area contributed by atoms with E-state index in [1.807, 2.05) is 17.7 Å². The van der Waals surface area contributed by atoms with Gasteiger partial charge in [0.25, 0.3) is 0 Å². The van der Waals surface area contributed by atoms with E-state index in [0.29, 0.717) is 0 Å². The molecule has 0 aliphatic rings. The summed E-state index contributed by atoms with van der Waals surface area (Å²) in [5.41, 5.74) is 3.21. The van der Waals surface area contributed by atoms with Crippen LogP contribution in [-0.4, -0.2) is 6.29 Å². The maximum absolute atomic E-state index is 10.1. The van der Waals surface area contributed by atoms with Gasteiger partial charge < -0.3 is 0 Å². The van der Waals surface area contributed by atoms with E-state index < -0.39 is 0 Å². The molecule has 0 saturated carbocycles. The van der Waals surface area contributed by atoms with Crippen molar-refractivity contribution < 1.29 is 4.79 Å². The van der Waals surface area contributed by atoms with E-state index in [2.05, 4.69) is 33.6 Å². The van der Waals surface area contributed by atoms with Gasteiger partial charge in [-0.1, -0.05) is 0 Å². The number of hydrogen-bond acceptors (Lipinski definition) is 3. The topological polar surface area (TPSA) is 17.1 Å². The van der Waals surface area contributed by atoms with Crippen LogP contribution in [0.1, 0.15) is 21.5 Å². The van der Waals surface area contributed by atoms with E-state index in [1.54, 1.807) is 22.7 Å². The summed E-state index contributed by atoms with van der Waals surface area (Å²) in [6.45, 7) is 4.01. The zero-order chi connectivity index (χ0) is 11.3. The third-order valence-corrected chi connectivity index (χ3v) is 4.71. The van der Waals surface area contributed by atoms with E-state index in [0.717, 1.165) is 17.4 Å². The van der Waals surface area contributed by atoms with Gasteiger partial charge >= 0.3 is 0 Å².